The maximum Gasteiger partial charge on any atom is 0.141 e. The summed E-state index contributed by atoms with van der Waals surface area (Å²) in [5.41, 5.74) is 8.87. The fourth-order valence-electron chi connectivity index (χ4n) is 1.50. The first-order valence-corrected chi connectivity index (χ1v) is 4.88. The summed E-state index contributed by atoms with van der Waals surface area (Å²) in [7, 11) is 0. The van der Waals surface area contributed by atoms with Crippen LogP contribution in [0, 0.1) is 6.92 Å². The van der Waals surface area contributed by atoms with Crippen LogP contribution in [0.4, 0.5) is 0 Å². The molecule has 0 bridgehead atoms. The molecular weight excluding hydrogens is 222 g/mol. The van der Waals surface area contributed by atoms with Crippen molar-refractivity contribution in [3.05, 3.63) is 48.0 Å². The quantitative estimate of drug-likeness (QED) is 0.869. The van der Waals surface area contributed by atoms with Gasteiger partial charge in [0.1, 0.15) is 5.82 Å². The van der Waals surface area contributed by atoms with E-state index in [4.69, 9.17) is 5.73 Å². The molecule has 0 fully saturated rings. The van der Waals surface area contributed by atoms with Crippen molar-refractivity contribution in [3.8, 4) is 11.1 Å². The Morgan fingerprint density at radius 3 is 2.31 bits per heavy atom. The van der Waals surface area contributed by atoms with Crippen LogP contribution in [0.3, 0.4) is 0 Å². The Bertz CT molecular complexity index is 454. The number of aryl methyl sites for hydroxylation is 1. The molecule has 1 heterocycles. The Morgan fingerprint density at radius 1 is 1.12 bits per heavy atom. The summed E-state index contributed by atoms with van der Waals surface area (Å²) in [5.74, 6) is 0.673. The van der Waals surface area contributed by atoms with E-state index in [2.05, 4.69) is 29.0 Å². The topological polar surface area (TPSA) is 51.8 Å². The van der Waals surface area contributed by atoms with Crippen molar-refractivity contribution in [2.24, 2.45) is 5.73 Å². The van der Waals surface area contributed by atoms with E-state index >= 15 is 0 Å². The summed E-state index contributed by atoms with van der Waals surface area (Å²) in [6.45, 7) is 2.46. The largest absolute Gasteiger partial charge is 0.324 e. The third-order valence-corrected chi connectivity index (χ3v) is 2.34. The zero-order valence-electron chi connectivity index (χ0n) is 9.05. The van der Waals surface area contributed by atoms with E-state index < -0.39 is 0 Å². The van der Waals surface area contributed by atoms with E-state index in [1.54, 1.807) is 0 Å². The van der Waals surface area contributed by atoms with Gasteiger partial charge in [-0.3, -0.25) is 0 Å². The van der Waals surface area contributed by atoms with Crippen LogP contribution in [0.5, 0.6) is 0 Å². The second-order valence-corrected chi connectivity index (χ2v) is 3.41. The van der Waals surface area contributed by atoms with Gasteiger partial charge in [-0.2, -0.15) is 0 Å². The smallest absolute Gasteiger partial charge is 0.141 e. The molecule has 4 heteroatoms. The Labute approximate surface area is 101 Å². The summed E-state index contributed by atoms with van der Waals surface area (Å²) in [4.78, 5) is 8.36. The molecule has 1 aromatic heterocycles. The van der Waals surface area contributed by atoms with E-state index in [-0.39, 0.29) is 12.4 Å². The summed E-state index contributed by atoms with van der Waals surface area (Å²) in [6.07, 6.45) is 3.63. The van der Waals surface area contributed by atoms with Crippen LogP contribution in [-0.4, -0.2) is 9.97 Å². The lowest BCUT2D eigenvalue weighted by Gasteiger charge is -2.04. The number of nitrogens with zero attached hydrogens (tertiary/aromatic N) is 2. The molecule has 0 atom stereocenters. The highest BCUT2D eigenvalue weighted by Crippen LogP contribution is 2.20. The molecule has 0 unspecified atom stereocenters. The first kappa shape index (κ1) is 12.6. The third-order valence-electron chi connectivity index (χ3n) is 2.34. The SMILES string of the molecule is Cc1ccccc1-c1cnc(CN)nc1.Cl. The third kappa shape index (κ3) is 2.56. The Balaban J connectivity index is 0.00000128. The van der Waals surface area contributed by atoms with E-state index in [9.17, 15) is 0 Å². The first-order chi connectivity index (χ1) is 7.31. The zero-order chi connectivity index (χ0) is 10.7. The van der Waals surface area contributed by atoms with Gasteiger partial charge in [0, 0.05) is 18.0 Å². The molecule has 3 nitrogen and oxygen atoms in total. The fraction of sp³-hybridized carbons (Fsp3) is 0.167. The lowest BCUT2D eigenvalue weighted by atomic mass is 10.0. The molecule has 2 rings (SSSR count). The van der Waals surface area contributed by atoms with Gasteiger partial charge in [0.2, 0.25) is 0 Å². The molecule has 16 heavy (non-hydrogen) atoms. The predicted octanol–water partition coefficient (Wildman–Crippen LogP) is 2.33. The van der Waals surface area contributed by atoms with Crippen molar-refractivity contribution in [1.82, 2.24) is 9.97 Å². The molecule has 0 saturated heterocycles. The number of hydrogen-bond donors (Lipinski definition) is 1. The number of hydrogen-bond acceptors (Lipinski definition) is 3. The van der Waals surface area contributed by atoms with Crippen LogP contribution in [0.15, 0.2) is 36.7 Å². The van der Waals surface area contributed by atoms with E-state index in [1.165, 1.54) is 11.1 Å². The van der Waals surface area contributed by atoms with Crippen molar-refractivity contribution in [3.63, 3.8) is 0 Å². The lowest BCUT2D eigenvalue weighted by Crippen LogP contribution is -2.02. The number of rotatable bonds is 2. The molecule has 0 aliphatic rings. The highest BCUT2D eigenvalue weighted by molar-refractivity contribution is 5.85. The van der Waals surface area contributed by atoms with Crippen LogP contribution < -0.4 is 5.73 Å². The Hall–Kier alpha value is -1.45. The predicted molar refractivity (Wildman–Crippen MR) is 67.3 cm³/mol. The van der Waals surface area contributed by atoms with Gasteiger partial charge >= 0.3 is 0 Å². The molecule has 1 aromatic carbocycles. The Kier molecular flexibility index (Phi) is 4.40. The minimum atomic E-state index is 0. The molecule has 2 aromatic rings. The van der Waals surface area contributed by atoms with Gasteiger partial charge in [-0.1, -0.05) is 24.3 Å². The van der Waals surface area contributed by atoms with Gasteiger partial charge in [-0.05, 0) is 18.1 Å². The molecule has 0 saturated carbocycles. The van der Waals surface area contributed by atoms with Crippen LogP contribution in [-0.2, 0) is 6.54 Å². The maximum absolute atomic E-state index is 5.44. The summed E-state index contributed by atoms with van der Waals surface area (Å²) < 4.78 is 0. The maximum atomic E-state index is 5.44. The molecule has 0 spiro atoms. The van der Waals surface area contributed by atoms with Crippen molar-refractivity contribution >= 4 is 12.4 Å². The van der Waals surface area contributed by atoms with Crippen LogP contribution >= 0.6 is 12.4 Å². The standard InChI is InChI=1S/C12H13N3.ClH/c1-9-4-2-3-5-11(9)10-7-14-12(6-13)15-8-10;/h2-5,7-8H,6,13H2,1H3;1H. The van der Waals surface area contributed by atoms with Gasteiger partial charge in [-0.15, -0.1) is 12.4 Å². The normalized spacial score (nSPS) is 9.62. The fourth-order valence-corrected chi connectivity index (χ4v) is 1.50. The number of nitrogens with two attached hydrogens (primary N) is 1. The number of benzene rings is 1. The van der Waals surface area contributed by atoms with Gasteiger partial charge in [0.15, 0.2) is 0 Å². The summed E-state index contributed by atoms with van der Waals surface area (Å²) in [6, 6.07) is 8.18. The second kappa shape index (κ2) is 5.58. The molecule has 0 aliphatic carbocycles. The highest BCUT2D eigenvalue weighted by Gasteiger charge is 2.01. The average molecular weight is 236 g/mol. The average Bonchev–Trinajstić information content (AvgIpc) is 2.30. The van der Waals surface area contributed by atoms with Crippen LogP contribution in [0.2, 0.25) is 0 Å². The number of halogens is 1. The molecule has 0 amide bonds. The number of aromatic nitrogens is 2. The monoisotopic (exact) mass is 235 g/mol. The Morgan fingerprint density at radius 2 is 1.75 bits per heavy atom. The van der Waals surface area contributed by atoms with Crippen molar-refractivity contribution in [2.45, 2.75) is 13.5 Å². The molecular formula is C12H14ClN3. The molecule has 2 N–H and O–H groups in total. The van der Waals surface area contributed by atoms with Crippen molar-refractivity contribution < 1.29 is 0 Å². The molecule has 0 radical (unpaired) electrons. The van der Waals surface area contributed by atoms with E-state index in [1.807, 2.05) is 24.5 Å². The molecule has 0 aliphatic heterocycles. The minimum absolute atomic E-state index is 0. The van der Waals surface area contributed by atoms with E-state index in [0.717, 1.165) is 5.56 Å². The van der Waals surface area contributed by atoms with E-state index in [0.29, 0.717) is 12.4 Å². The first-order valence-electron chi connectivity index (χ1n) is 4.88. The van der Waals surface area contributed by atoms with Crippen LogP contribution in [0.25, 0.3) is 11.1 Å². The van der Waals surface area contributed by atoms with Gasteiger partial charge in [0.25, 0.3) is 0 Å². The van der Waals surface area contributed by atoms with Crippen molar-refractivity contribution in [1.29, 1.82) is 0 Å². The molecule has 84 valence electrons. The van der Waals surface area contributed by atoms with Gasteiger partial charge < -0.3 is 5.73 Å². The lowest BCUT2D eigenvalue weighted by molar-refractivity contribution is 0.910. The van der Waals surface area contributed by atoms with Crippen LogP contribution in [0.1, 0.15) is 11.4 Å². The zero-order valence-corrected chi connectivity index (χ0v) is 9.87. The second-order valence-electron chi connectivity index (χ2n) is 3.41. The summed E-state index contributed by atoms with van der Waals surface area (Å²) in [5, 5.41) is 0. The minimum Gasteiger partial charge on any atom is -0.324 e. The summed E-state index contributed by atoms with van der Waals surface area (Å²) >= 11 is 0. The van der Waals surface area contributed by atoms with Gasteiger partial charge in [0.05, 0.1) is 6.54 Å². The van der Waals surface area contributed by atoms with Crippen molar-refractivity contribution in [2.75, 3.05) is 0 Å². The van der Waals surface area contributed by atoms with Gasteiger partial charge in [-0.25, -0.2) is 9.97 Å². The highest BCUT2D eigenvalue weighted by atomic mass is 35.5.